The van der Waals surface area contributed by atoms with Crippen molar-refractivity contribution >= 4 is 6.16 Å². The van der Waals surface area contributed by atoms with Gasteiger partial charge in [0.25, 0.3) is 0 Å². The minimum absolute atomic E-state index is 0.433. The van der Waals surface area contributed by atoms with Crippen LogP contribution in [0.2, 0.25) is 0 Å². The number of halogens is 3. The van der Waals surface area contributed by atoms with Crippen molar-refractivity contribution in [3.8, 4) is 0 Å². The highest BCUT2D eigenvalue weighted by Crippen LogP contribution is 2.41. The highest BCUT2D eigenvalue weighted by Gasteiger charge is 2.37. The zero-order valence-corrected chi connectivity index (χ0v) is 13.7. The fourth-order valence-corrected chi connectivity index (χ4v) is 4.29. The Morgan fingerprint density at radius 2 is 1.48 bits per heavy atom. The van der Waals surface area contributed by atoms with Gasteiger partial charge in [-0.25, -0.2) is 4.79 Å². The molecule has 6 heteroatoms. The van der Waals surface area contributed by atoms with E-state index >= 15 is 0 Å². The maximum absolute atomic E-state index is 11.9. The van der Waals surface area contributed by atoms with Gasteiger partial charge in [0.2, 0.25) is 0 Å². The molecular weight excluding hydrogens is 309 g/mol. The molecule has 0 bridgehead atoms. The third kappa shape index (κ3) is 6.22. The lowest BCUT2D eigenvalue weighted by Crippen LogP contribution is -2.31. The number of carbonyl (C=O) groups excluding carboxylic acids is 1. The maximum atomic E-state index is 11.9. The van der Waals surface area contributed by atoms with Gasteiger partial charge in [-0.3, -0.25) is 0 Å². The minimum Gasteiger partial charge on any atom is -0.431 e. The summed E-state index contributed by atoms with van der Waals surface area (Å²) in [6.45, 7) is 2.23. The molecule has 2 fully saturated rings. The monoisotopic (exact) mass is 336 g/mol. The third-order valence-corrected chi connectivity index (χ3v) is 5.44. The molecule has 0 spiro atoms. The predicted molar refractivity (Wildman–Crippen MR) is 79.7 cm³/mol. The molecule has 2 saturated carbocycles. The fraction of sp³-hybridized carbons (Fsp3) is 0.941. The van der Waals surface area contributed by atoms with Crippen LogP contribution in [0.4, 0.5) is 18.0 Å². The van der Waals surface area contributed by atoms with E-state index < -0.39 is 18.6 Å². The summed E-state index contributed by atoms with van der Waals surface area (Å²) >= 11 is 0. The average molecular weight is 336 g/mol. The van der Waals surface area contributed by atoms with Crippen LogP contribution in [0.15, 0.2) is 0 Å². The van der Waals surface area contributed by atoms with Crippen molar-refractivity contribution in [2.75, 3.05) is 0 Å². The van der Waals surface area contributed by atoms with E-state index in [1.165, 1.54) is 38.5 Å². The Kier molecular flexibility index (Phi) is 6.60. The zero-order chi connectivity index (χ0) is 16.9. The number of carbonyl (C=O) groups is 1. The minimum atomic E-state index is -4.97. The summed E-state index contributed by atoms with van der Waals surface area (Å²) in [5.74, 6) is 2.26. The van der Waals surface area contributed by atoms with Crippen LogP contribution in [-0.4, -0.2) is 18.6 Å². The number of hydrogen-bond acceptors (Lipinski definition) is 3. The van der Waals surface area contributed by atoms with Crippen LogP contribution in [-0.2, 0) is 9.47 Å². The molecule has 0 aromatic heterocycles. The molecule has 0 N–H and O–H groups in total. The Labute approximate surface area is 135 Å². The van der Waals surface area contributed by atoms with Crippen LogP contribution in [0.5, 0.6) is 0 Å². The van der Waals surface area contributed by atoms with E-state index in [2.05, 4.69) is 11.7 Å². The number of ether oxygens (including phenoxy) is 2. The van der Waals surface area contributed by atoms with Gasteiger partial charge in [0.1, 0.15) is 6.10 Å². The Hall–Kier alpha value is -0.940. The maximum Gasteiger partial charge on any atom is 0.577 e. The summed E-state index contributed by atoms with van der Waals surface area (Å²) in [6, 6.07) is 0. The molecule has 0 atom stereocenters. The zero-order valence-electron chi connectivity index (χ0n) is 13.7. The van der Waals surface area contributed by atoms with Gasteiger partial charge in [0.15, 0.2) is 0 Å². The molecule has 2 aliphatic carbocycles. The normalized spacial score (nSPS) is 32.3. The first-order valence-electron chi connectivity index (χ1n) is 8.83. The average Bonchev–Trinajstić information content (AvgIpc) is 2.47. The molecule has 134 valence electrons. The van der Waals surface area contributed by atoms with Gasteiger partial charge < -0.3 is 9.47 Å². The highest BCUT2D eigenvalue weighted by atomic mass is 19.4. The lowest BCUT2D eigenvalue weighted by atomic mass is 9.70. The summed E-state index contributed by atoms with van der Waals surface area (Å²) < 4.78 is 43.8. The van der Waals surface area contributed by atoms with E-state index in [-0.39, 0.29) is 0 Å². The molecule has 3 nitrogen and oxygen atoms in total. The molecule has 0 heterocycles. The predicted octanol–water partition coefficient (Wildman–Crippen LogP) is 5.82. The molecule has 0 amide bonds. The fourth-order valence-electron chi connectivity index (χ4n) is 4.29. The molecule has 2 aliphatic rings. The summed E-state index contributed by atoms with van der Waals surface area (Å²) in [4.78, 5) is 11.0. The van der Waals surface area contributed by atoms with Crippen molar-refractivity contribution in [3.05, 3.63) is 0 Å². The van der Waals surface area contributed by atoms with Crippen LogP contribution < -0.4 is 0 Å². The molecule has 0 aromatic rings. The van der Waals surface area contributed by atoms with Crippen LogP contribution >= 0.6 is 0 Å². The van der Waals surface area contributed by atoms with Crippen molar-refractivity contribution in [1.82, 2.24) is 0 Å². The van der Waals surface area contributed by atoms with Crippen LogP contribution in [0.3, 0.4) is 0 Å². The lowest BCUT2D eigenvalue weighted by molar-refractivity contribution is -0.300. The summed E-state index contributed by atoms with van der Waals surface area (Å²) in [5, 5.41) is 0. The summed E-state index contributed by atoms with van der Waals surface area (Å²) in [7, 11) is 0. The van der Waals surface area contributed by atoms with Crippen molar-refractivity contribution < 1.29 is 27.4 Å². The molecule has 0 unspecified atom stereocenters. The quantitative estimate of drug-likeness (QED) is 0.606. The van der Waals surface area contributed by atoms with Gasteiger partial charge in [-0.05, 0) is 56.3 Å². The van der Waals surface area contributed by atoms with E-state index in [0.717, 1.165) is 24.7 Å². The van der Waals surface area contributed by atoms with Crippen LogP contribution in [0.25, 0.3) is 0 Å². The third-order valence-electron chi connectivity index (χ3n) is 5.44. The Morgan fingerprint density at radius 1 is 0.957 bits per heavy atom. The Morgan fingerprint density at radius 3 is 1.96 bits per heavy atom. The smallest absolute Gasteiger partial charge is 0.431 e. The molecule has 0 radical (unpaired) electrons. The molecule has 0 saturated heterocycles. The second kappa shape index (κ2) is 8.25. The molecule has 2 rings (SSSR count). The van der Waals surface area contributed by atoms with E-state index in [1.807, 2.05) is 0 Å². The Bertz CT molecular complexity index is 368. The second-order valence-corrected chi connectivity index (χ2v) is 7.02. The summed E-state index contributed by atoms with van der Waals surface area (Å²) in [5.41, 5.74) is 0. The first kappa shape index (κ1) is 18.4. The first-order chi connectivity index (χ1) is 10.9. The lowest BCUT2D eigenvalue weighted by Gasteiger charge is -2.37. The van der Waals surface area contributed by atoms with Gasteiger partial charge in [-0.1, -0.05) is 32.6 Å². The van der Waals surface area contributed by atoms with Gasteiger partial charge >= 0.3 is 12.5 Å². The molecule has 0 aliphatic heterocycles. The summed E-state index contributed by atoms with van der Waals surface area (Å²) in [6.07, 6.45) is 3.90. The highest BCUT2D eigenvalue weighted by molar-refractivity contribution is 5.60. The van der Waals surface area contributed by atoms with Gasteiger partial charge in [0, 0.05) is 0 Å². The topological polar surface area (TPSA) is 35.5 Å². The van der Waals surface area contributed by atoms with Crippen molar-refractivity contribution in [2.45, 2.75) is 83.6 Å². The van der Waals surface area contributed by atoms with Gasteiger partial charge in [-0.15, -0.1) is 13.2 Å². The number of rotatable bonds is 4. The molecular formula is C17H27F3O3. The van der Waals surface area contributed by atoms with E-state index in [0.29, 0.717) is 18.8 Å². The van der Waals surface area contributed by atoms with Crippen LogP contribution in [0, 0.1) is 17.8 Å². The second-order valence-electron chi connectivity index (χ2n) is 7.02. The van der Waals surface area contributed by atoms with Gasteiger partial charge in [-0.2, -0.15) is 0 Å². The van der Waals surface area contributed by atoms with E-state index in [1.54, 1.807) is 0 Å². The van der Waals surface area contributed by atoms with Crippen molar-refractivity contribution in [1.29, 1.82) is 0 Å². The first-order valence-corrected chi connectivity index (χ1v) is 8.83. The van der Waals surface area contributed by atoms with E-state index in [4.69, 9.17) is 4.74 Å². The number of hydrogen-bond donors (Lipinski definition) is 0. The van der Waals surface area contributed by atoms with E-state index in [9.17, 15) is 18.0 Å². The Balaban J connectivity index is 1.67. The van der Waals surface area contributed by atoms with Crippen molar-refractivity contribution in [2.24, 2.45) is 17.8 Å². The molecule has 23 heavy (non-hydrogen) atoms. The van der Waals surface area contributed by atoms with Crippen LogP contribution in [0.1, 0.15) is 71.1 Å². The largest absolute Gasteiger partial charge is 0.577 e. The number of alkyl halides is 3. The van der Waals surface area contributed by atoms with Crippen molar-refractivity contribution in [3.63, 3.8) is 0 Å². The standard InChI is InChI=1S/C17H27F3O3/c1-2-3-12-4-6-13(7-5-12)14-8-10-15(11-9-14)22-16(21)23-17(18,19)20/h12-15H,2-11H2,1H3. The van der Waals surface area contributed by atoms with Gasteiger partial charge in [0.05, 0.1) is 0 Å². The molecule has 0 aromatic carbocycles. The SMILES string of the molecule is CCCC1CCC(C2CCC(OC(=O)OC(F)(F)F)CC2)CC1.